The van der Waals surface area contributed by atoms with Gasteiger partial charge in [0, 0.05) is 25.4 Å². The Morgan fingerprint density at radius 2 is 1.90 bits per heavy atom. The van der Waals surface area contributed by atoms with Crippen molar-refractivity contribution < 1.29 is 23.0 Å². The summed E-state index contributed by atoms with van der Waals surface area (Å²) in [6.07, 6.45) is 1.30. The second-order valence-corrected chi connectivity index (χ2v) is 6.63. The molecule has 0 spiro atoms. The smallest absolute Gasteiger partial charge is 0.268 e. The highest BCUT2D eigenvalue weighted by atomic mass is 19.1. The van der Waals surface area contributed by atoms with Gasteiger partial charge in [0.1, 0.15) is 35.6 Å². The van der Waals surface area contributed by atoms with Crippen LogP contribution in [0.4, 0.5) is 8.78 Å². The van der Waals surface area contributed by atoms with Crippen molar-refractivity contribution in [3.05, 3.63) is 99.0 Å². The molecular weight excluding hydrogens is 406 g/mol. The Kier molecular flexibility index (Phi) is 6.90. The van der Waals surface area contributed by atoms with E-state index in [1.54, 1.807) is 12.1 Å². The van der Waals surface area contributed by atoms with E-state index in [1.165, 1.54) is 42.1 Å². The number of nitriles is 1. The molecule has 31 heavy (non-hydrogen) atoms. The van der Waals surface area contributed by atoms with Crippen molar-refractivity contribution in [2.45, 2.75) is 13.2 Å². The van der Waals surface area contributed by atoms with E-state index in [-0.39, 0.29) is 42.2 Å². The summed E-state index contributed by atoms with van der Waals surface area (Å²) in [7, 11) is 1.46. The van der Waals surface area contributed by atoms with Crippen molar-refractivity contribution in [3.8, 4) is 11.8 Å². The van der Waals surface area contributed by atoms with E-state index in [1.807, 2.05) is 0 Å². The van der Waals surface area contributed by atoms with Crippen molar-refractivity contribution in [2.24, 2.45) is 0 Å². The standard InChI is InChI=1S/C23H18F2N2O4/c1-30-8-7-27-13-17(10-16(12-26)23(27)29)22(28)20-11-19(25)5-6-21(20)31-14-15-3-2-4-18(24)9-15/h2-6,9-11,13H,7-8,14H2,1H3. The van der Waals surface area contributed by atoms with Gasteiger partial charge < -0.3 is 14.0 Å². The molecule has 0 N–H and O–H groups in total. The Morgan fingerprint density at radius 1 is 1.13 bits per heavy atom. The van der Waals surface area contributed by atoms with Crippen molar-refractivity contribution in [3.63, 3.8) is 0 Å². The Hall–Kier alpha value is -3.83. The number of hydrogen-bond donors (Lipinski definition) is 0. The second kappa shape index (κ2) is 9.78. The lowest BCUT2D eigenvalue weighted by Crippen LogP contribution is -2.25. The Bertz CT molecular complexity index is 1210. The number of hydrogen-bond acceptors (Lipinski definition) is 5. The maximum atomic E-state index is 13.9. The molecule has 0 radical (unpaired) electrons. The molecule has 3 aromatic rings. The first-order valence-corrected chi connectivity index (χ1v) is 9.28. The summed E-state index contributed by atoms with van der Waals surface area (Å²) in [5.74, 6) is -1.63. The molecule has 0 saturated carbocycles. The molecule has 0 unspecified atom stereocenters. The van der Waals surface area contributed by atoms with Crippen molar-refractivity contribution in [1.29, 1.82) is 5.26 Å². The predicted octanol–water partition coefficient (Wildman–Crippen LogP) is 3.45. The van der Waals surface area contributed by atoms with Gasteiger partial charge in [-0.25, -0.2) is 8.78 Å². The van der Waals surface area contributed by atoms with Gasteiger partial charge in [-0.3, -0.25) is 9.59 Å². The van der Waals surface area contributed by atoms with Gasteiger partial charge >= 0.3 is 0 Å². The number of benzene rings is 2. The van der Waals surface area contributed by atoms with E-state index in [9.17, 15) is 23.6 Å². The number of ketones is 1. The van der Waals surface area contributed by atoms with Gasteiger partial charge in [0.2, 0.25) is 0 Å². The van der Waals surface area contributed by atoms with Crippen LogP contribution in [0.25, 0.3) is 0 Å². The zero-order valence-corrected chi connectivity index (χ0v) is 16.6. The van der Waals surface area contributed by atoms with Crippen molar-refractivity contribution in [1.82, 2.24) is 4.57 Å². The molecule has 158 valence electrons. The highest BCUT2D eigenvalue weighted by molar-refractivity contribution is 6.10. The summed E-state index contributed by atoms with van der Waals surface area (Å²) >= 11 is 0. The topological polar surface area (TPSA) is 81.3 Å². The number of carbonyl (C=O) groups is 1. The zero-order chi connectivity index (χ0) is 22.4. The van der Waals surface area contributed by atoms with Gasteiger partial charge in [0.25, 0.3) is 5.56 Å². The summed E-state index contributed by atoms with van der Waals surface area (Å²) < 4.78 is 39.1. The molecule has 0 atom stereocenters. The Labute approximate surface area is 176 Å². The van der Waals surface area contributed by atoms with Crippen LogP contribution in [0.15, 0.2) is 59.5 Å². The van der Waals surface area contributed by atoms with E-state index in [0.717, 1.165) is 18.2 Å². The number of carbonyl (C=O) groups excluding carboxylic acids is 1. The average Bonchev–Trinajstić information content (AvgIpc) is 2.77. The summed E-state index contributed by atoms with van der Waals surface area (Å²) in [5, 5.41) is 9.26. The number of aromatic nitrogens is 1. The summed E-state index contributed by atoms with van der Waals surface area (Å²) in [6.45, 7) is 0.294. The molecule has 8 heteroatoms. The van der Waals surface area contributed by atoms with E-state index in [0.29, 0.717) is 5.56 Å². The number of halogens is 2. The van der Waals surface area contributed by atoms with Gasteiger partial charge in [0.15, 0.2) is 5.78 Å². The molecule has 0 aliphatic carbocycles. The molecule has 1 aromatic heterocycles. The molecule has 0 aliphatic rings. The number of methoxy groups -OCH3 is 1. The fourth-order valence-electron chi connectivity index (χ4n) is 2.94. The Morgan fingerprint density at radius 3 is 2.61 bits per heavy atom. The van der Waals surface area contributed by atoms with Gasteiger partial charge in [-0.2, -0.15) is 5.26 Å². The third-order valence-corrected chi connectivity index (χ3v) is 4.47. The molecule has 1 heterocycles. The van der Waals surface area contributed by atoms with Crippen molar-refractivity contribution >= 4 is 5.78 Å². The monoisotopic (exact) mass is 424 g/mol. The van der Waals surface area contributed by atoms with Crippen LogP contribution in [0.2, 0.25) is 0 Å². The van der Waals surface area contributed by atoms with Crippen LogP contribution in [-0.2, 0) is 17.9 Å². The van der Waals surface area contributed by atoms with E-state index in [4.69, 9.17) is 9.47 Å². The van der Waals surface area contributed by atoms with Crippen LogP contribution in [0, 0.1) is 23.0 Å². The number of nitrogens with zero attached hydrogens (tertiary/aromatic N) is 2. The normalized spacial score (nSPS) is 10.5. The molecular formula is C23H18F2N2O4. The highest BCUT2D eigenvalue weighted by Crippen LogP contribution is 2.24. The molecule has 3 rings (SSSR count). The van der Waals surface area contributed by atoms with E-state index >= 15 is 0 Å². The minimum Gasteiger partial charge on any atom is -0.488 e. The van der Waals surface area contributed by atoms with E-state index < -0.39 is 23.0 Å². The van der Waals surface area contributed by atoms with Crippen LogP contribution < -0.4 is 10.3 Å². The summed E-state index contributed by atoms with van der Waals surface area (Å²) in [5.41, 5.74) is -0.313. The summed E-state index contributed by atoms with van der Waals surface area (Å²) in [6, 6.07) is 12.1. The lowest BCUT2D eigenvalue weighted by Gasteiger charge is -2.13. The lowest BCUT2D eigenvalue weighted by molar-refractivity contribution is 0.103. The van der Waals surface area contributed by atoms with Crippen LogP contribution in [0.1, 0.15) is 27.0 Å². The quantitative estimate of drug-likeness (QED) is 0.518. The third kappa shape index (κ3) is 5.21. The molecule has 0 amide bonds. The molecule has 0 aliphatic heterocycles. The van der Waals surface area contributed by atoms with Gasteiger partial charge in [-0.1, -0.05) is 12.1 Å². The minimum absolute atomic E-state index is 0.0217. The lowest BCUT2D eigenvalue weighted by atomic mass is 10.0. The van der Waals surface area contributed by atoms with Gasteiger partial charge in [-0.15, -0.1) is 0 Å². The minimum atomic E-state index is -0.658. The van der Waals surface area contributed by atoms with Crippen LogP contribution in [-0.4, -0.2) is 24.1 Å². The summed E-state index contributed by atoms with van der Waals surface area (Å²) in [4.78, 5) is 25.4. The highest BCUT2D eigenvalue weighted by Gasteiger charge is 2.19. The molecule has 2 aromatic carbocycles. The van der Waals surface area contributed by atoms with Crippen LogP contribution >= 0.6 is 0 Å². The first kappa shape index (κ1) is 21.9. The second-order valence-electron chi connectivity index (χ2n) is 6.63. The SMILES string of the molecule is COCCn1cc(C(=O)c2cc(F)ccc2OCc2cccc(F)c2)cc(C#N)c1=O. The number of pyridine rings is 1. The Balaban J connectivity index is 1.97. The van der Waals surface area contributed by atoms with Gasteiger partial charge in [0.05, 0.1) is 12.2 Å². The third-order valence-electron chi connectivity index (χ3n) is 4.47. The molecule has 0 fully saturated rings. The maximum absolute atomic E-state index is 13.9. The molecule has 0 bridgehead atoms. The molecule has 6 nitrogen and oxygen atoms in total. The first-order chi connectivity index (χ1) is 14.9. The predicted molar refractivity (Wildman–Crippen MR) is 108 cm³/mol. The van der Waals surface area contributed by atoms with Crippen LogP contribution in [0.5, 0.6) is 5.75 Å². The maximum Gasteiger partial charge on any atom is 0.268 e. The fraction of sp³-hybridized carbons (Fsp3) is 0.174. The first-order valence-electron chi connectivity index (χ1n) is 9.28. The van der Waals surface area contributed by atoms with Crippen molar-refractivity contribution in [2.75, 3.05) is 13.7 Å². The average molecular weight is 424 g/mol. The fourth-order valence-corrected chi connectivity index (χ4v) is 2.94. The largest absolute Gasteiger partial charge is 0.488 e. The number of ether oxygens (including phenoxy) is 2. The number of rotatable bonds is 8. The van der Waals surface area contributed by atoms with E-state index in [2.05, 4.69) is 0 Å². The van der Waals surface area contributed by atoms with Crippen LogP contribution in [0.3, 0.4) is 0 Å². The molecule has 0 saturated heterocycles. The zero-order valence-electron chi connectivity index (χ0n) is 16.6. The van der Waals surface area contributed by atoms with Gasteiger partial charge in [-0.05, 0) is 42.0 Å².